The van der Waals surface area contributed by atoms with E-state index >= 15 is 0 Å². The first-order valence-electron chi connectivity index (χ1n) is 10.2. The van der Waals surface area contributed by atoms with Crippen molar-refractivity contribution in [1.29, 1.82) is 0 Å². The van der Waals surface area contributed by atoms with Crippen molar-refractivity contribution in [3.05, 3.63) is 65.7 Å². The molecule has 1 amide bonds. The summed E-state index contributed by atoms with van der Waals surface area (Å²) in [6, 6.07) is 16.1. The van der Waals surface area contributed by atoms with Crippen molar-refractivity contribution < 1.29 is 14.3 Å². The molecule has 152 valence electrons. The molecule has 6 heteroatoms. The van der Waals surface area contributed by atoms with E-state index in [0.717, 1.165) is 38.0 Å². The van der Waals surface area contributed by atoms with Gasteiger partial charge in [0.05, 0.1) is 0 Å². The molecule has 2 bridgehead atoms. The van der Waals surface area contributed by atoms with Crippen LogP contribution in [0, 0.1) is 5.92 Å². The highest BCUT2D eigenvalue weighted by Gasteiger charge is 2.37. The molecular formula is C23H27N3O3. The predicted octanol–water partition coefficient (Wildman–Crippen LogP) is 2.84. The van der Waals surface area contributed by atoms with Crippen molar-refractivity contribution in [2.45, 2.75) is 25.0 Å². The van der Waals surface area contributed by atoms with Crippen LogP contribution in [0.15, 0.2) is 54.6 Å². The van der Waals surface area contributed by atoms with Crippen LogP contribution in [0.2, 0.25) is 0 Å². The second kappa shape index (κ2) is 8.66. The standard InChI is InChI=1S/C23H27N3O3/c1-24-22(27)18-8-5-9-19(14-18)25-21(17-6-3-2-4-7-17)23(28)29-20-15-26-12-10-16(20)11-13-26/h2-9,14,16,20-21,25H,10-13,15H2,1H3,(H,24,27)/t20-,21+/m0/s1. The lowest BCUT2D eigenvalue weighted by molar-refractivity contribution is -0.159. The number of fused-ring (bicyclic) bond motifs is 3. The fraction of sp³-hybridized carbons (Fsp3) is 0.391. The average Bonchev–Trinajstić information content (AvgIpc) is 2.78. The van der Waals surface area contributed by atoms with Crippen molar-refractivity contribution in [1.82, 2.24) is 10.2 Å². The molecule has 6 nitrogen and oxygen atoms in total. The summed E-state index contributed by atoms with van der Waals surface area (Å²) in [6.45, 7) is 3.03. The largest absolute Gasteiger partial charge is 0.459 e. The average molecular weight is 393 g/mol. The molecule has 0 aromatic heterocycles. The highest BCUT2D eigenvalue weighted by Crippen LogP contribution is 2.31. The molecule has 0 radical (unpaired) electrons. The summed E-state index contributed by atoms with van der Waals surface area (Å²) in [6.07, 6.45) is 2.14. The van der Waals surface area contributed by atoms with Gasteiger partial charge in [-0.15, -0.1) is 0 Å². The number of amides is 1. The maximum atomic E-state index is 13.2. The van der Waals surface area contributed by atoms with E-state index in [2.05, 4.69) is 15.5 Å². The van der Waals surface area contributed by atoms with Gasteiger partial charge in [-0.05, 0) is 55.6 Å². The number of nitrogens with one attached hydrogen (secondary N) is 2. The summed E-state index contributed by atoms with van der Waals surface area (Å²) in [5.41, 5.74) is 2.07. The summed E-state index contributed by atoms with van der Waals surface area (Å²) in [7, 11) is 1.60. The molecule has 3 aliphatic heterocycles. The normalized spacial score (nSPS) is 23.8. The maximum Gasteiger partial charge on any atom is 0.333 e. The molecule has 0 saturated carbocycles. The van der Waals surface area contributed by atoms with E-state index in [4.69, 9.17) is 4.74 Å². The van der Waals surface area contributed by atoms with Crippen LogP contribution in [0.3, 0.4) is 0 Å². The van der Waals surface area contributed by atoms with Crippen molar-refractivity contribution in [3.8, 4) is 0 Å². The smallest absolute Gasteiger partial charge is 0.333 e. The molecule has 2 aromatic rings. The van der Waals surface area contributed by atoms with Gasteiger partial charge in [-0.25, -0.2) is 4.79 Å². The second-order valence-corrected chi connectivity index (χ2v) is 7.76. The Kier molecular flexibility index (Phi) is 5.81. The maximum absolute atomic E-state index is 13.2. The Labute approximate surface area is 171 Å². The van der Waals surface area contributed by atoms with Gasteiger partial charge in [0, 0.05) is 24.8 Å². The molecule has 0 unspecified atom stereocenters. The topological polar surface area (TPSA) is 70.7 Å². The molecule has 2 N–H and O–H groups in total. The van der Waals surface area contributed by atoms with Gasteiger partial charge >= 0.3 is 5.97 Å². The molecule has 5 rings (SSSR count). The number of carbonyl (C=O) groups is 2. The molecule has 0 aliphatic carbocycles. The van der Waals surface area contributed by atoms with Gasteiger partial charge in [-0.1, -0.05) is 36.4 Å². The van der Waals surface area contributed by atoms with Crippen molar-refractivity contribution >= 4 is 17.6 Å². The number of esters is 1. The number of nitrogens with zero attached hydrogens (tertiary/aromatic N) is 1. The highest BCUT2D eigenvalue weighted by atomic mass is 16.5. The Morgan fingerprint density at radius 2 is 1.83 bits per heavy atom. The lowest BCUT2D eigenvalue weighted by Crippen LogP contribution is -2.52. The Morgan fingerprint density at radius 1 is 1.07 bits per heavy atom. The number of hydrogen-bond donors (Lipinski definition) is 2. The summed E-state index contributed by atoms with van der Waals surface area (Å²) >= 11 is 0. The van der Waals surface area contributed by atoms with Gasteiger partial charge in [0.25, 0.3) is 5.91 Å². The van der Waals surface area contributed by atoms with Crippen LogP contribution in [0.5, 0.6) is 0 Å². The summed E-state index contributed by atoms with van der Waals surface area (Å²) in [5.74, 6) is 0.0111. The lowest BCUT2D eigenvalue weighted by Gasteiger charge is -2.44. The summed E-state index contributed by atoms with van der Waals surface area (Å²) in [5, 5.41) is 5.90. The van der Waals surface area contributed by atoms with E-state index in [1.165, 1.54) is 0 Å². The van der Waals surface area contributed by atoms with Crippen molar-refractivity contribution in [3.63, 3.8) is 0 Å². The second-order valence-electron chi connectivity index (χ2n) is 7.76. The minimum absolute atomic E-state index is 0.0461. The van der Waals surface area contributed by atoms with E-state index in [9.17, 15) is 9.59 Å². The first kappa shape index (κ1) is 19.5. The monoisotopic (exact) mass is 393 g/mol. The number of ether oxygens (including phenoxy) is 1. The number of benzene rings is 2. The third kappa shape index (κ3) is 4.43. The number of anilines is 1. The third-order valence-electron chi connectivity index (χ3n) is 5.90. The molecule has 3 aliphatic rings. The molecule has 3 heterocycles. The van der Waals surface area contributed by atoms with Gasteiger partial charge in [0.15, 0.2) is 6.04 Å². The number of rotatable bonds is 6. The van der Waals surface area contributed by atoms with E-state index in [0.29, 0.717) is 17.2 Å². The molecule has 2 aromatic carbocycles. The van der Waals surface area contributed by atoms with Gasteiger partial charge in [-0.2, -0.15) is 0 Å². The number of carbonyl (C=O) groups excluding carboxylic acids is 2. The molecule has 29 heavy (non-hydrogen) atoms. The van der Waals surface area contributed by atoms with Crippen LogP contribution < -0.4 is 10.6 Å². The van der Waals surface area contributed by atoms with Crippen molar-refractivity contribution in [2.75, 3.05) is 32.0 Å². The fourth-order valence-corrected chi connectivity index (χ4v) is 4.25. The Hall–Kier alpha value is -2.86. The molecular weight excluding hydrogens is 366 g/mol. The Bertz CT molecular complexity index is 863. The zero-order chi connectivity index (χ0) is 20.2. The first-order valence-corrected chi connectivity index (χ1v) is 10.2. The van der Waals surface area contributed by atoms with Crippen molar-refractivity contribution in [2.24, 2.45) is 5.92 Å². The van der Waals surface area contributed by atoms with E-state index < -0.39 is 6.04 Å². The lowest BCUT2D eigenvalue weighted by atomic mass is 9.86. The Morgan fingerprint density at radius 3 is 2.48 bits per heavy atom. The van der Waals surface area contributed by atoms with Crippen LogP contribution >= 0.6 is 0 Å². The summed E-state index contributed by atoms with van der Waals surface area (Å²) < 4.78 is 5.99. The van der Waals surface area contributed by atoms with Crippen LogP contribution in [0.1, 0.15) is 34.8 Å². The van der Waals surface area contributed by atoms with Gasteiger partial charge < -0.3 is 15.4 Å². The van der Waals surface area contributed by atoms with Gasteiger partial charge in [0.1, 0.15) is 6.10 Å². The van der Waals surface area contributed by atoms with Crippen LogP contribution in [-0.2, 0) is 9.53 Å². The SMILES string of the molecule is CNC(=O)c1cccc(N[C@@H](C(=O)O[C@H]2CN3CCC2CC3)c2ccccc2)c1. The zero-order valence-corrected chi connectivity index (χ0v) is 16.6. The van der Waals surface area contributed by atoms with Gasteiger partial charge in [-0.3, -0.25) is 9.69 Å². The minimum Gasteiger partial charge on any atom is -0.459 e. The fourth-order valence-electron chi connectivity index (χ4n) is 4.25. The highest BCUT2D eigenvalue weighted by molar-refractivity contribution is 5.95. The molecule has 3 saturated heterocycles. The first-order chi connectivity index (χ1) is 14.1. The van der Waals surface area contributed by atoms with Crippen LogP contribution in [0.4, 0.5) is 5.69 Å². The minimum atomic E-state index is -0.633. The zero-order valence-electron chi connectivity index (χ0n) is 16.6. The van der Waals surface area contributed by atoms with E-state index in [1.807, 2.05) is 36.4 Å². The molecule has 2 atom stereocenters. The molecule has 3 fully saturated rings. The van der Waals surface area contributed by atoms with Crippen LogP contribution in [0.25, 0.3) is 0 Å². The quantitative estimate of drug-likeness (QED) is 0.739. The Balaban J connectivity index is 1.54. The van der Waals surface area contributed by atoms with Crippen LogP contribution in [-0.4, -0.2) is 49.6 Å². The number of hydrogen-bond acceptors (Lipinski definition) is 5. The van der Waals surface area contributed by atoms with E-state index in [1.54, 1.807) is 25.2 Å². The molecule has 0 spiro atoms. The van der Waals surface area contributed by atoms with Gasteiger partial charge in [0.2, 0.25) is 0 Å². The predicted molar refractivity (Wildman–Crippen MR) is 112 cm³/mol. The third-order valence-corrected chi connectivity index (χ3v) is 5.90. The summed E-state index contributed by atoms with van der Waals surface area (Å²) in [4.78, 5) is 27.5. The van der Waals surface area contributed by atoms with E-state index in [-0.39, 0.29) is 18.0 Å². The number of piperidine rings is 3.